The van der Waals surface area contributed by atoms with Gasteiger partial charge in [0.25, 0.3) is 0 Å². The van der Waals surface area contributed by atoms with E-state index in [2.05, 4.69) is 13.8 Å². The minimum Gasteiger partial charge on any atom is -0.207 e. The van der Waals surface area contributed by atoms with Gasteiger partial charge in [-0.3, -0.25) is 0 Å². The lowest BCUT2D eigenvalue weighted by Gasteiger charge is -2.32. The molecule has 0 atom stereocenters. The van der Waals surface area contributed by atoms with Gasteiger partial charge in [0.15, 0.2) is 0 Å². The van der Waals surface area contributed by atoms with Crippen molar-refractivity contribution in [1.29, 1.82) is 0 Å². The molecule has 0 saturated heterocycles. The van der Waals surface area contributed by atoms with Gasteiger partial charge in [-0.1, -0.05) is 26.0 Å². The topological polar surface area (TPSA) is 0 Å². The molecule has 0 spiro atoms. The van der Waals surface area contributed by atoms with Crippen LogP contribution in [0.3, 0.4) is 0 Å². The highest BCUT2D eigenvalue weighted by molar-refractivity contribution is 6.22. The molecular formula is C13H17Cl2F. The molecule has 0 bridgehead atoms. The van der Waals surface area contributed by atoms with E-state index in [1.807, 2.05) is 6.07 Å². The standard InChI is InChI=1S/C13H17Cl2F/c1-10(2)7-13(8-14,9-15)11-4-3-5-12(16)6-11/h3-6,10H,7-9H2,1-2H3. The van der Waals surface area contributed by atoms with E-state index in [9.17, 15) is 4.39 Å². The zero-order valence-corrected chi connectivity index (χ0v) is 11.2. The van der Waals surface area contributed by atoms with Crippen LogP contribution in [0.4, 0.5) is 4.39 Å². The van der Waals surface area contributed by atoms with Crippen LogP contribution < -0.4 is 0 Å². The molecule has 16 heavy (non-hydrogen) atoms. The fraction of sp³-hybridized carbons (Fsp3) is 0.538. The number of rotatable bonds is 5. The van der Waals surface area contributed by atoms with Gasteiger partial charge >= 0.3 is 0 Å². The quantitative estimate of drug-likeness (QED) is 0.682. The molecule has 0 unspecified atom stereocenters. The van der Waals surface area contributed by atoms with Crippen LogP contribution in [0.5, 0.6) is 0 Å². The second-order valence-electron chi connectivity index (χ2n) is 4.66. The minimum absolute atomic E-state index is 0.235. The molecule has 1 rings (SSSR count). The first-order chi connectivity index (χ1) is 7.54. The molecule has 0 saturated carbocycles. The normalized spacial score (nSPS) is 12.1. The van der Waals surface area contributed by atoms with Gasteiger partial charge in [-0.05, 0) is 30.0 Å². The van der Waals surface area contributed by atoms with Gasteiger partial charge in [-0.25, -0.2) is 4.39 Å². The van der Waals surface area contributed by atoms with E-state index in [1.165, 1.54) is 12.1 Å². The van der Waals surface area contributed by atoms with Crippen molar-refractivity contribution in [3.05, 3.63) is 35.6 Å². The van der Waals surface area contributed by atoms with E-state index < -0.39 is 0 Å². The predicted octanol–water partition coefficient (Wildman–Crippen LogP) is 4.59. The highest BCUT2D eigenvalue weighted by atomic mass is 35.5. The Hall–Kier alpha value is -0.270. The Kier molecular flexibility index (Phi) is 5.07. The van der Waals surface area contributed by atoms with E-state index in [1.54, 1.807) is 6.07 Å². The first kappa shape index (κ1) is 13.8. The SMILES string of the molecule is CC(C)CC(CCl)(CCl)c1cccc(F)c1. The van der Waals surface area contributed by atoms with Gasteiger partial charge in [-0.2, -0.15) is 0 Å². The van der Waals surface area contributed by atoms with Gasteiger partial charge in [0, 0.05) is 17.2 Å². The molecule has 0 fully saturated rings. The summed E-state index contributed by atoms with van der Waals surface area (Å²) in [7, 11) is 0. The van der Waals surface area contributed by atoms with Crippen LogP contribution in [-0.4, -0.2) is 11.8 Å². The molecular weight excluding hydrogens is 246 g/mol. The average Bonchev–Trinajstić information content (AvgIpc) is 2.25. The monoisotopic (exact) mass is 262 g/mol. The molecule has 1 aromatic carbocycles. The Labute approximate surface area is 107 Å². The molecule has 0 heterocycles. The molecule has 0 aliphatic rings. The second kappa shape index (κ2) is 5.88. The fourth-order valence-electron chi connectivity index (χ4n) is 2.02. The maximum atomic E-state index is 13.2. The fourth-order valence-corrected chi connectivity index (χ4v) is 2.83. The third kappa shape index (κ3) is 3.11. The van der Waals surface area contributed by atoms with Crippen molar-refractivity contribution >= 4 is 23.2 Å². The van der Waals surface area contributed by atoms with Crippen molar-refractivity contribution in [2.24, 2.45) is 5.92 Å². The first-order valence-electron chi connectivity index (χ1n) is 5.42. The van der Waals surface area contributed by atoms with Gasteiger partial charge < -0.3 is 0 Å². The molecule has 1 aromatic rings. The van der Waals surface area contributed by atoms with Crippen molar-refractivity contribution in [3.8, 4) is 0 Å². The van der Waals surface area contributed by atoms with Crippen LogP contribution in [0.1, 0.15) is 25.8 Å². The van der Waals surface area contributed by atoms with Crippen molar-refractivity contribution < 1.29 is 4.39 Å². The highest BCUT2D eigenvalue weighted by Crippen LogP contribution is 2.34. The summed E-state index contributed by atoms with van der Waals surface area (Å²) >= 11 is 12.1. The maximum absolute atomic E-state index is 13.2. The lowest BCUT2D eigenvalue weighted by molar-refractivity contribution is 0.407. The van der Waals surface area contributed by atoms with Gasteiger partial charge in [-0.15, -0.1) is 23.2 Å². The summed E-state index contributed by atoms with van der Waals surface area (Å²) in [6.45, 7) is 4.24. The van der Waals surface area contributed by atoms with E-state index in [0.29, 0.717) is 17.7 Å². The number of hydrogen-bond acceptors (Lipinski definition) is 0. The molecule has 0 amide bonds. The van der Waals surface area contributed by atoms with Crippen molar-refractivity contribution in [1.82, 2.24) is 0 Å². The van der Waals surface area contributed by atoms with Crippen LogP contribution in [0.15, 0.2) is 24.3 Å². The summed E-state index contributed by atoms with van der Waals surface area (Å²) in [6, 6.07) is 6.58. The van der Waals surface area contributed by atoms with Crippen LogP contribution in [0.25, 0.3) is 0 Å². The van der Waals surface area contributed by atoms with Crippen LogP contribution in [0.2, 0.25) is 0 Å². The third-order valence-corrected chi connectivity index (χ3v) is 3.77. The third-order valence-electron chi connectivity index (χ3n) is 2.75. The summed E-state index contributed by atoms with van der Waals surface area (Å²) < 4.78 is 13.2. The molecule has 90 valence electrons. The van der Waals surface area contributed by atoms with Crippen molar-refractivity contribution in [3.63, 3.8) is 0 Å². The first-order valence-corrected chi connectivity index (χ1v) is 6.49. The lowest BCUT2D eigenvalue weighted by atomic mass is 9.77. The maximum Gasteiger partial charge on any atom is 0.123 e. The van der Waals surface area contributed by atoms with Crippen molar-refractivity contribution in [2.45, 2.75) is 25.7 Å². The molecule has 0 N–H and O–H groups in total. The molecule has 0 nitrogen and oxygen atoms in total. The Morgan fingerprint density at radius 2 is 1.88 bits per heavy atom. The van der Waals surface area contributed by atoms with Gasteiger partial charge in [0.2, 0.25) is 0 Å². The largest absolute Gasteiger partial charge is 0.207 e. The Bertz CT molecular complexity index is 332. The zero-order chi connectivity index (χ0) is 12.2. The van der Waals surface area contributed by atoms with Gasteiger partial charge in [0.1, 0.15) is 5.82 Å². The molecule has 3 heteroatoms. The number of halogens is 3. The lowest BCUT2D eigenvalue weighted by Crippen LogP contribution is -2.32. The Balaban J connectivity index is 3.09. The molecule has 0 aliphatic carbocycles. The highest BCUT2D eigenvalue weighted by Gasteiger charge is 2.31. The Morgan fingerprint density at radius 1 is 1.25 bits per heavy atom. The summed E-state index contributed by atoms with van der Waals surface area (Å²) in [4.78, 5) is 0. The molecule has 0 aromatic heterocycles. The summed E-state index contributed by atoms with van der Waals surface area (Å²) in [5, 5.41) is 0. The van der Waals surface area contributed by atoms with Gasteiger partial charge in [0.05, 0.1) is 0 Å². The predicted molar refractivity (Wildman–Crippen MR) is 69.0 cm³/mol. The van der Waals surface area contributed by atoms with Crippen LogP contribution in [0, 0.1) is 11.7 Å². The second-order valence-corrected chi connectivity index (χ2v) is 5.19. The average molecular weight is 263 g/mol. The molecule has 0 radical (unpaired) electrons. The summed E-state index contributed by atoms with van der Waals surface area (Å²) in [6.07, 6.45) is 0.865. The number of hydrogen-bond donors (Lipinski definition) is 0. The summed E-state index contributed by atoms with van der Waals surface area (Å²) in [5.74, 6) is 1.07. The Morgan fingerprint density at radius 3 is 2.31 bits per heavy atom. The van der Waals surface area contributed by atoms with E-state index in [4.69, 9.17) is 23.2 Å². The van der Waals surface area contributed by atoms with Crippen LogP contribution >= 0.6 is 23.2 Å². The number of alkyl halides is 2. The van der Waals surface area contributed by atoms with E-state index in [0.717, 1.165) is 12.0 Å². The minimum atomic E-state index is -0.320. The molecule has 0 aliphatic heterocycles. The van der Waals surface area contributed by atoms with Crippen LogP contribution in [-0.2, 0) is 5.41 Å². The smallest absolute Gasteiger partial charge is 0.123 e. The van der Waals surface area contributed by atoms with E-state index in [-0.39, 0.29) is 11.2 Å². The zero-order valence-electron chi connectivity index (χ0n) is 9.64. The van der Waals surface area contributed by atoms with Crippen molar-refractivity contribution in [2.75, 3.05) is 11.8 Å². The summed E-state index contributed by atoms with van der Waals surface area (Å²) in [5.41, 5.74) is 0.575. The van der Waals surface area contributed by atoms with E-state index >= 15 is 0 Å². The number of benzene rings is 1.